The first-order valence-electron chi connectivity index (χ1n) is 14.9. The molecule has 0 amide bonds. The second kappa shape index (κ2) is 11.3. The summed E-state index contributed by atoms with van der Waals surface area (Å²) in [7, 11) is 0. The van der Waals surface area contributed by atoms with Gasteiger partial charge in [-0.1, -0.05) is 38.1 Å². The molecule has 8 atom stereocenters. The fourth-order valence-electron chi connectivity index (χ4n) is 8.67. The van der Waals surface area contributed by atoms with E-state index in [0.717, 1.165) is 35.9 Å². The second-order valence-corrected chi connectivity index (χ2v) is 14.1. The number of allylic oxidation sites excluding steroid dienone is 3. The molecular weight excluding hydrogens is 553 g/mol. The number of aliphatic imine (C=N–C) groups is 1. The van der Waals surface area contributed by atoms with Crippen molar-refractivity contribution in [2.45, 2.75) is 89.6 Å². The number of fused-ring (bicyclic) bond motifs is 5. The van der Waals surface area contributed by atoms with Crippen LogP contribution in [0.5, 0.6) is 0 Å². The largest absolute Gasteiger partial charge is 0.449 e. The summed E-state index contributed by atoms with van der Waals surface area (Å²) >= 11 is 0.932. The Balaban J connectivity index is 1.51. The molecule has 0 saturated heterocycles. The Morgan fingerprint density at radius 2 is 2.02 bits per heavy atom. The third-order valence-electron chi connectivity index (χ3n) is 10.6. The summed E-state index contributed by atoms with van der Waals surface area (Å²) < 4.78 is 19.6. The van der Waals surface area contributed by atoms with Gasteiger partial charge in [0, 0.05) is 11.8 Å². The Bertz CT molecular complexity index is 1400. The van der Waals surface area contributed by atoms with E-state index in [1.54, 1.807) is 32.2 Å². The highest BCUT2D eigenvalue weighted by molar-refractivity contribution is 8.14. The minimum atomic E-state index is -1.38. The number of nitrogens with two attached hydrogens (primary N) is 1. The van der Waals surface area contributed by atoms with Gasteiger partial charge in [-0.2, -0.15) is 5.26 Å². The summed E-state index contributed by atoms with van der Waals surface area (Å²) in [4.78, 5) is 31.4. The molecule has 3 N–H and O–H groups in total. The maximum absolute atomic E-state index is 13.9. The number of halogens is 1. The van der Waals surface area contributed by atoms with Crippen LogP contribution in [-0.4, -0.2) is 38.9 Å². The summed E-state index contributed by atoms with van der Waals surface area (Å²) in [6.45, 7) is 7.60. The smallest absolute Gasteiger partial charge is 0.306 e. The molecule has 0 heterocycles. The molecule has 3 unspecified atom stereocenters. The minimum Gasteiger partial charge on any atom is -0.449 e. The Morgan fingerprint density at radius 1 is 1.31 bits per heavy atom. The molecule has 0 bridgehead atoms. The number of aliphatic hydroxyl groups is 1. The first kappa shape index (κ1) is 30.5. The number of carbonyl (C=O) groups excluding carboxylic acids is 2. The number of benzene rings is 1. The molecule has 0 radical (unpaired) electrons. The Kier molecular flexibility index (Phi) is 8.19. The van der Waals surface area contributed by atoms with Crippen molar-refractivity contribution in [3.8, 4) is 6.07 Å². The molecule has 3 fully saturated rings. The van der Waals surface area contributed by atoms with Crippen LogP contribution >= 0.6 is 11.8 Å². The molecule has 7 nitrogen and oxygen atoms in total. The van der Waals surface area contributed by atoms with Crippen molar-refractivity contribution in [1.82, 2.24) is 0 Å². The number of esters is 1. The van der Waals surface area contributed by atoms with E-state index < -0.39 is 28.3 Å². The first-order valence-corrected chi connectivity index (χ1v) is 15.8. The highest BCUT2D eigenvalue weighted by atomic mass is 32.2. The lowest BCUT2D eigenvalue weighted by Crippen LogP contribution is -2.62. The van der Waals surface area contributed by atoms with Crippen LogP contribution < -0.4 is 5.73 Å². The summed E-state index contributed by atoms with van der Waals surface area (Å²) in [5.41, 5.74) is 7.12. The van der Waals surface area contributed by atoms with Crippen LogP contribution in [0.2, 0.25) is 0 Å². The number of ether oxygens (including phenoxy) is 1. The Labute approximate surface area is 251 Å². The number of hydrogen-bond acceptors (Lipinski definition) is 8. The lowest BCUT2D eigenvalue weighted by Gasteiger charge is -2.61. The number of thioether (sulfide) groups is 1. The zero-order valence-corrected chi connectivity index (χ0v) is 25.5. The van der Waals surface area contributed by atoms with Gasteiger partial charge in [-0.15, -0.1) is 0 Å². The van der Waals surface area contributed by atoms with Gasteiger partial charge < -0.3 is 15.6 Å². The van der Waals surface area contributed by atoms with Crippen LogP contribution in [0.15, 0.2) is 52.7 Å². The predicted octanol–water partition coefficient (Wildman–Crippen LogP) is 6.15. The molecule has 3 saturated carbocycles. The normalized spacial score (nSPS) is 38.1. The van der Waals surface area contributed by atoms with Gasteiger partial charge in [0.15, 0.2) is 5.60 Å². The highest BCUT2D eigenvalue weighted by Gasteiger charge is 2.70. The van der Waals surface area contributed by atoms with E-state index in [9.17, 15) is 24.3 Å². The maximum Gasteiger partial charge on any atom is 0.306 e. The van der Waals surface area contributed by atoms with E-state index in [-0.39, 0.29) is 40.5 Å². The lowest BCUT2D eigenvalue weighted by atomic mass is 9.45. The average Bonchev–Trinajstić information content (AvgIpc) is 3.25. The van der Waals surface area contributed by atoms with Gasteiger partial charge in [0.1, 0.15) is 5.82 Å². The maximum atomic E-state index is 13.9. The van der Waals surface area contributed by atoms with E-state index in [1.165, 1.54) is 17.7 Å². The average molecular weight is 594 g/mol. The van der Waals surface area contributed by atoms with E-state index in [4.69, 9.17) is 15.5 Å². The van der Waals surface area contributed by atoms with Crippen molar-refractivity contribution >= 4 is 34.2 Å². The summed E-state index contributed by atoms with van der Waals surface area (Å²) in [5.74, 6) is -0.651. The zero-order chi connectivity index (χ0) is 30.4. The number of nitrogens with zero attached hydrogens (tertiary/aromatic N) is 2. The molecular formula is C33H40FN3O4S. The molecule has 4 aliphatic rings. The molecule has 1 aromatic rings. The Morgan fingerprint density at radius 3 is 2.67 bits per heavy atom. The van der Waals surface area contributed by atoms with E-state index >= 15 is 0 Å². The monoisotopic (exact) mass is 593 g/mol. The molecule has 1 aromatic carbocycles. The van der Waals surface area contributed by atoms with Crippen molar-refractivity contribution in [1.29, 1.82) is 5.26 Å². The van der Waals surface area contributed by atoms with Gasteiger partial charge in [0.2, 0.25) is 5.12 Å². The number of rotatable bonds is 5. The summed E-state index contributed by atoms with van der Waals surface area (Å²) in [5, 5.41) is 20.5. The molecule has 0 spiro atoms. The zero-order valence-electron chi connectivity index (χ0n) is 24.7. The van der Waals surface area contributed by atoms with Crippen LogP contribution in [-0.2, 0) is 14.3 Å². The van der Waals surface area contributed by atoms with Crippen LogP contribution in [0.4, 0.5) is 10.1 Å². The number of nitriles is 1. The topological polar surface area (TPSA) is 126 Å². The summed E-state index contributed by atoms with van der Waals surface area (Å²) in [6, 6.07) is 8.16. The first-order chi connectivity index (χ1) is 19.9. The third kappa shape index (κ3) is 4.81. The second-order valence-electron chi connectivity index (χ2n) is 12.8. The van der Waals surface area contributed by atoms with Crippen molar-refractivity contribution in [2.75, 3.05) is 0 Å². The predicted molar refractivity (Wildman–Crippen MR) is 161 cm³/mol. The lowest BCUT2D eigenvalue weighted by molar-refractivity contribution is -0.196. The van der Waals surface area contributed by atoms with Crippen LogP contribution in [0, 0.1) is 45.7 Å². The van der Waals surface area contributed by atoms with E-state index in [0.29, 0.717) is 31.4 Å². The molecule has 224 valence electrons. The molecule has 4 aliphatic carbocycles. The third-order valence-corrected chi connectivity index (χ3v) is 11.6. The van der Waals surface area contributed by atoms with E-state index in [2.05, 4.69) is 19.1 Å². The van der Waals surface area contributed by atoms with E-state index in [1.807, 2.05) is 6.92 Å². The quantitative estimate of drug-likeness (QED) is 0.392. The van der Waals surface area contributed by atoms with Gasteiger partial charge in [-0.3, -0.25) is 9.59 Å². The standard InChI is InChI=1S/C33H40FN3O4S/c1-5-28(39)41-33(30(40)42-19(2)17-35)13-12-25-24-11-6-21-14-26(37-23-9-7-22(34)8-10-23)20(18-36)15-31(21,3)29(24)27(38)16-32(25,33)4/h7-10,14,18-19,24-25,27,29,38H,5-6,11-13,15-16,36H2,1-4H3/t19?,24-,25?,27-,29?,31-,32-,33-/m0/s1. The van der Waals surface area contributed by atoms with Gasteiger partial charge in [-0.25, -0.2) is 9.38 Å². The van der Waals surface area contributed by atoms with Crippen molar-refractivity contribution < 1.29 is 23.8 Å². The van der Waals surface area contributed by atoms with Crippen molar-refractivity contribution in [3.63, 3.8) is 0 Å². The molecule has 0 aliphatic heterocycles. The van der Waals surface area contributed by atoms with Crippen LogP contribution in [0.1, 0.15) is 72.6 Å². The molecule has 5 rings (SSSR count). The van der Waals surface area contributed by atoms with Gasteiger partial charge in [0.05, 0.1) is 28.8 Å². The van der Waals surface area contributed by atoms with Crippen molar-refractivity contribution in [2.24, 2.45) is 39.3 Å². The highest BCUT2D eigenvalue weighted by Crippen LogP contribution is 2.69. The molecule has 9 heteroatoms. The molecule has 42 heavy (non-hydrogen) atoms. The van der Waals surface area contributed by atoms with Gasteiger partial charge >= 0.3 is 5.97 Å². The summed E-state index contributed by atoms with van der Waals surface area (Å²) in [6.07, 6.45) is 6.77. The Hall–Kier alpha value is -2.96. The van der Waals surface area contributed by atoms with Crippen LogP contribution in [0.3, 0.4) is 0 Å². The number of aliphatic hydroxyl groups excluding tert-OH is 1. The fraction of sp³-hybridized carbons (Fsp3) is 0.576. The molecule has 0 aromatic heterocycles. The SMILES string of the molecule is CCC(=O)O[C@]1(C(=O)SC(C)C#N)CCC2[C@@H]3CCC4=CC(=Nc5ccc(F)cc5)C(=CN)C[C@]4(C)C3[C@@H](O)C[C@@]21C. The van der Waals surface area contributed by atoms with Crippen molar-refractivity contribution in [3.05, 3.63) is 53.5 Å². The van der Waals surface area contributed by atoms with Gasteiger partial charge in [-0.05, 0) is 111 Å². The number of carbonyl (C=O) groups is 2. The van der Waals surface area contributed by atoms with Crippen LogP contribution in [0.25, 0.3) is 0 Å². The fourth-order valence-corrected chi connectivity index (χ4v) is 9.61. The number of hydrogen-bond donors (Lipinski definition) is 2. The van der Waals surface area contributed by atoms with Gasteiger partial charge in [0.25, 0.3) is 0 Å². The minimum absolute atomic E-state index is 0.0652.